The molecule has 2 saturated heterocycles. The van der Waals surface area contributed by atoms with Crippen LogP contribution in [0.2, 0.25) is 0 Å². The fourth-order valence-corrected chi connectivity index (χ4v) is 5.51. The Bertz CT molecular complexity index is 829. The van der Waals surface area contributed by atoms with Crippen molar-refractivity contribution in [1.29, 1.82) is 0 Å². The maximum absolute atomic E-state index is 12.3. The van der Waals surface area contributed by atoms with Crippen LogP contribution >= 0.6 is 11.3 Å². The second-order valence-corrected chi connectivity index (χ2v) is 9.13. The van der Waals surface area contributed by atoms with E-state index in [2.05, 4.69) is 26.8 Å². The molecule has 2 aromatic rings. The lowest BCUT2D eigenvalue weighted by Gasteiger charge is -2.43. The van der Waals surface area contributed by atoms with Gasteiger partial charge in [0.1, 0.15) is 0 Å². The van der Waals surface area contributed by atoms with Crippen molar-refractivity contribution in [3.8, 4) is 0 Å². The third-order valence-electron chi connectivity index (χ3n) is 6.27. The molecule has 0 amide bonds. The minimum absolute atomic E-state index is 0.101. The van der Waals surface area contributed by atoms with E-state index in [0.29, 0.717) is 24.5 Å². The molecule has 5 nitrogen and oxygen atoms in total. The number of hydrogen-bond donors (Lipinski definition) is 1. The quantitative estimate of drug-likeness (QED) is 0.878. The van der Waals surface area contributed by atoms with Crippen LogP contribution in [0.5, 0.6) is 0 Å². The smallest absolute Gasteiger partial charge is 0.266 e. The van der Waals surface area contributed by atoms with Crippen molar-refractivity contribution in [1.82, 2.24) is 14.7 Å². The summed E-state index contributed by atoms with van der Waals surface area (Å²) in [5, 5.41) is 20.2. The van der Waals surface area contributed by atoms with Crippen LogP contribution in [0.25, 0.3) is 0 Å². The first-order valence-corrected chi connectivity index (χ1v) is 10.6. The number of aliphatic hydroxyl groups is 1. The molecule has 4 heterocycles. The van der Waals surface area contributed by atoms with E-state index < -0.39 is 5.60 Å². The largest absolute Gasteiger partial charge is 0.388 e. The van der Waals surface area contributed by atoms with Crippen LogP contribution in [0.1, 0.15) is 55.7 Å². The van der Waals surface area contributed by atoms with Crippen LogP contribution in [0, 0.1) is 0 Å². The van der Waals surface area contributed by atoms with Gasteiger partial charge in [0.15, 0.2) is 0 Å². The van der Waals surface area contributed by atoms with Crippen molar-refractivity contribution in [3.63, 3.8) is 0 Å². The summed E-state index contributed by atoms with van der Waals surface area (Å²) in [4.78, 5) is 14.8. The average Bonchev–Trinajstić information content (AvgIpc) is 3.28. The van der Waals surface area contributed by atoms with Crippen LogP contribution in [-0.2, 0) is 13.1 Å². The molecule has 0 spiro atoms. The third-order valence-corrected chi connectivity index (χ3v) is 7.01. The fourth-order valence-electron chi connectivity index (χ4n) is 4.85. The Morgan fingerprint density at radius 2 is 1.92 bits per heavy atom. The van der Waals surface area contributed by atoms with Crippen LogP contribution in [0.15, 0.2) is 33.8 Å². The van der Waals surface area contributed by atoms with Gasteiger partial charge in [-0.3, -0.25) is 9.69 Å². The van der Waals surface area contributed by atoms with Crippen molar-refractivity contribution < 1.29 is 5.11 Å². The van der Waals surface area contributed by atoms with Crippen molar-refractivity contribution in [2.75, 3.05) is 0 Å². The first kappa shape index (κ1) is 16.7. The minimum atomic E-state index is -0.823. The van der Waals surface area contributed by atoms with Gasteiger partial charge in [0.2, 0.25) is 0 Å². The fraction of sp³-hybridized carbons (Fsp3) is 0.600. The summed E-state index contributed by atoms with van der Waals surface area (Å²) >= 11 is 1.74. The summed E-state index contributed by atoms with van der Waals surface area (Å²) < 4.78 is 1.52. The van der Waals surface area contributed by atoms with Gasteiger partial charge in [-0.15, -0.1) is 0 Å². The molecule has 6 heteroatoms. The van der Waals surface area contributed by atoms with Gasteiger partial charge in [0.05, 0.1) is 17.8 Å². The lowest BCUT2D eigenvalue weighted by molar-refractivity contribution is -0.0677. The van der Waals surface area contributed by atoms with Gasteiger partial charge in [-0.05, 0) is 67.0 Å². The Labute approximate surface area is 157 Å². The molecule has 1 saturated carbocycles. The van der Waals surface area contributed by atoms with E-state index in [1.165, 1.54) is 10.2 Å². The zero-order valence-corrected chi connectivity index (χ0v) is 15.7. The topological polar surface area (TPSA) is 58.4 Å². The predicted molar refractivity (Wildman–Crippen MR) is 101 cm³/mol. The highest BCUT2D eigenvalue weighted by molar-refractivity contribution is 7.07. The summed E-state index contributed by atoms with van der Waals surface area (Å²) in [6, 6.07) is 6.47. The van der Waals surface area contributed by atoms with Gasteiger partial charge in [-0.25, -0.2) is 4.68 Å². The molecule has 0 radical (unpaired) electrons. The molecule has 2 bridgehead atoms. The van der Waals surface area contributed by atoms with Crippen molar-refractivity contribution >= 4 is 11.3 Å². The third kappa shape index (κ3) is 3.15. The van der Waals surface area contributed by atoms with Gasteiger partial charge >= 0.3 is 0 Å². The molecule has 138 valence electrons. The first-order chi connectivity index (χ1) is 12.6. The Morgan fingerprint density at radius 1 is 1.15 bits per heavy atom. The molecule has 1 N–H and O–H groups in total. The molecule has 1 aliphatic carbocycles. The van der Waals surface area contributed by atoms with Crippen LogP contribution in [0.3, 0.4) is 0 Å². The molecule has 0 aromatic carbocycles. The van der Waals surface area contributed by atoms with E-state index in [1.807, 2.05) is 6.07 Å². The molecule has 26 heavy (non-hydrogen) atoms. The molecule has 3 aliphatic rings. The average molecular weight is 372 g/mol. The van der Waals surface area contributed by atoms with Crippen molar-refractivity contribution in [3.05, 3.63) is 50.6 Å². The summed E-state index contributed by atoms with van der Waals surface area (Å²) in [7, 11) is 0. The summed E-state index contributed by atoms with van der Waals surface area (Å²) in [6.45, 7) is 1.30. The Kier molecular flexibility index (Phi) is 4.03. The Hall–Kier alpha value is -1.50. The zero-order valence-electron chi connectivity index (χ0n) is 14.9. The summed E-state index contributed by atoms with van der Waals surface area (Å²) in [5.41, 5.74) is 1.45. The molecule has 5 rings (SSSR count). The SMILES string of the molecule is O=c1ccc(C2CC2)nn1CC1(O)C[C@H]2CC[C@H](C1)N2Cc1ccsc1. The number of piperidine rings is 1. The molecular weight excluding hydrogens is 346 g/mol. The highest BCUT2D eigenvalue weighted by Gasteiger charge is 2.47. The Morgan fingerprint density at radius 3 is 2.58 bits per heavy atom. The maximum atomic E-state index is 12.3. The molecule has 0 unspecified atom stereocenters. The van der Waals surface area contributed by atoms with Gasteiger partial charge in [-0.1, -0.05) is 0 Å². The van der Waals surface area contributed by atoms with Gasteiger partial charge < -0.3 is 5.11 Å². The normalized spacial score (nSPS) is 31.4. The minimum Gasteiger partial charge on any atom is -0.388 e. The molecule has 2 aliphatic heterocycles. The molecule has 2 atom stereocenters. The maximum Gasteiger partial charge on any atom is 0.266 e. The van der Waals surface area contributed by atoms with E-state index >= 15 is 0 Å². The second kappa shape index (κ2) is 6.29. The highest BCUT2D eigenvalue weighted by Crippen LogP contribution is 2.42. The lowest BCUT2D eigenvalue weighted by Crippen LogP contribution is -2.53. The van der Waals surface area contributed by atoms with Crippen LogP contribution in [0.4, 0.5) is 0 Å². The first-order valence-electron chi connectivity index (χ1n) is 9.67. The Balaban J connectivity index is 1.33. The number of hydrogen-bond acceptors (Lipinski definition) is 5. The van der Waals surface area contributed by atoms with Crippen LogP contribution in [-0.4, -0.2) is 37.5 Å². The monoisotopic (exact) mass is 371 g/mol. The standard InChI is InChI=1S/C20H25N3O2S/c24-19-6-5-18(15-1-2-15)21-23(19)13-20(25)9-16-3-4-17(10-20)22(16)11-14-7-8-26-12-14/h5-8,12,15-17,25H,1-4,9-11,13H2/t16-,17-/m1/s1. The van der Waals surface area contributed by atoms with Crippen LogP contribution < -0.4 is 5.56 Å². The predicted octanol–water partition coefficient (Wildman–Crippen LogP) is 2.74. The van der Waals surface area contributed by atoms with Gasteiger partial charge in [0.25, 0.3) is 5.56 Å². The number of aromatic nitrogens is 2. The summed E-state index contributed by atoms with van der Waals surface area (Å²) in [5.74, 6) is 0.514. The lowest BCUT2D eigenvalue weighted by atomic mass is 9.85. The van der Waals surface area contributed by atoms with Gasteiger partial charge in [0, 0.05) is 30.6 Å². The molecule has 3 fully saturated rings. The van der Waals surface area contributed by atoms with E-state index in [1.54, 1.807) is 17.4 Å². The van der Waals surface area contributed by atoms with Crippen molar-refractivity contribution in [2.45, 2.75) is 75.2 Å². The van der Waals surface area contributed by atoms with E-state index in [0.717, 1.165) is 50.8 Å². The highest BCUT2D eigenvalue weighted by atomic mass is 32.1. The zero-order chi connectivity index (χ0) is 17.7. The number of fused-ring (bicyclic) bond motifs is 2. The second-order valence-electron chi connectivity index (χ2n) is 8.35. The molecular formula is C20H25N3O2S. The molecule has 2 aromatic heterocycles. The van der Waals surface area contributed by atoms with E-state index in [4.69, 9.17) is 0 Å². The number of nitrogens with zero attached hydrogens (tertiary/aromatic N) is 3. The summed E-state index contributed by atoms with van der Waals surface area (Å²) in [6.07, 6.45) is 6.07. The van der Waals surface area contributed by atoms with Gasteiger partial charge in [-0.2, -0.15) is 16.4 Å². The number of rotatable bonds is 5. The van der Waals surface area contributed by atoms with E-state index in [-0.39, 0.29) is 5.56 Å². The van der Waals surface area contributed by atoms with E-state index in [9.17, 15) is 9.90 Å². The van der Waals surface area contributed by atoms with Crippen molar-refractivity contribution in [2.24, 2.45) is 0 Å². The number of thiophene rings is 1.